The number of rotatable bonds is 5. The molecule has 8 heteroatoms. The largest absolute Gasteiger partial charge is 0.279 e. The Morgan fingerprint density at radius 3 is 2.33 bits per heavy atom. The molecular formula is C22H17ClN2O3S2. The van der Waals surface area contributed by atoms with Gasteiger partial charge in [-0.3, -0.25) is 9.69 Å². The Morgan fingerprint density at radius 2 is 1.70 bits per heavy atom. The topological polar surface area (TPSA) is 67.3 Å². The molecule has 0 spiro atoms. The smallest absolute Gasteiger partial charge is 0.260 e. The lowest BCUT2D eigenvalue weighted by atomic mass is 10.1. The van der Waals surface area contributed by atoms with Gasteiger partial charge >= 0.3 is 0 Å². The minimum absolute atomic E-state index is 0.167. The van der Waals surface area contributed by atoms with Crippen LogP contribution < -0.4 is 4.90 Å². The Morgan fingerprint density at radius 1 is 1.00 bits per heavy atom. The number of benzene rings is 3. The van der Waals surface area contributed by atoms with Crippen LogP contribution >= 0.6 is 22.9 Å². The zero-order valence-corrected chi connectivity index (χ0v) is 18.3. The van der Waals surface area contributed by atoms with Gasteiger partial charge in [-0.1, -0.05) is 59.3 Å². The van der Waals surface area contributed by atoms with Gasteiger partial charge in [-0.15, -0.1) is 0 Å². The molecule has 4 aromatic rings. The Balaban J connectivity index is 1.76. The number of anilines is 1. The van der Waals surface area contributed by atoms with Gasteiger partial charge in [-0.25, -0.2) is 13.4 Å². The second kappa shape index (κ2) is 8.18. The summed E-state index contributed by atoms with van der Waals surface area (Å²) in [6.45, 7) is 0.324. The molecule has 1 amide bonds. The normalized spacial score (nSPS) is 11.5. The van der Waals surface area contributed by atoms with E-state index in [1.54, 1.807) is 11.0 Å². The first kappa shape index (κ1) is 20.5. The van der Waals surface area contributed by atoms with Crippen molar-refractivity contribution in [3.05, 3.63) is 88.9 Å². The highest BCUT2D eigenvalue weighted by molar-refractivity contribution is 7.90. The monoisotopic (exact) mass is 456 g/mol. The molecule has 0 aliphatic rings. The molecule has 152 valence electrons. The standard InChI is InChI=1S/C22H17ClN2O3S2/c1-30(27,28)17-12-10-16(11-13-17)21(26)25(14-15-6-3-2-4-7-15)22-24-20-18(23)8-5-9-19(20)29-22/h2-13H,14H2,1H3. The van der Waals surface area contributed by atoms with Crippen LogP contribution in [0.25, 0.3) is 10.2 Å². The number of aromatic nitrogens is 1. The highest BCUT2D eigenvalue weighted by Gasteiger charge is 2.23. The lowest BCUT2D eigenvalue weighted by Crippen LogP contribution is -2.30. The number of sulfone groups is 1. The minimum atomic E-state index is -3.34. The van der Waals surface area contributed by atoms with Gasteiger partial charge in [0, 0.05) is 11.8 Å². The van der Waals surface area contributed by atoms with Crippen molar-refractivity contribution in [2.45, 2.75) is 11.4 Å². The number of para-hydroxylation sites is 1. The summed E-state index contributed by atoms with van der Waals surface area (Å²) in [7, 11) is -3.34. The number of hydrogen-bond donors (Lipinski definition) is 0. The fourth-order valence-electron chi connectivity index (χ4n) is 3.01. The highest BCUT2D eigenvalue weighted by atomic mass is 35.5. The van der Waals surface area contributed by atoms with Crippen LogP contribution in [0.15, 0.2) is 77.7 Å². The zero-order chi connectivity index (χ0) is 21.3. The van der Waals surface area contributed by atoms with E-state index in [1.165, 1.54) is 35.6 Å². The molecule has 0 atom stereocenters. The SMILES string of the molecule is CS(=O)(=O)c1ccc(C(=O)N(Cc2ccccc2)c2nc3c(Cl)cccc3s2)cc1. The maximum absolute atomic E-state index is 13.4. The number of carbonyl (C=O) groups is 1. The van der Waals surface area contributed by atoms with Crippen molar-refractivity contribution >= 4 is 54.0 Å². The molecular weight excluding hydrogens is 440 g/mol. The molecule has 4 rings (SSSR count). The van der Waals surface area contributed by atoms with Gasteiger partial charge in [-0.05, 0) is 42.0 Å². The van der Waals surface area contributed by atoms with Gasteiger partial charge in [-0.2, -0.15) is 0 Å². The maximum atomic E-state index is 13.4. The summed E-state index contributed by atoms with van der Waals surface area (Å²) in [4.78, 5) is 19.7. The van der Waals surface area contributed by atoms with Crippen molar-refractivity contribution in [3.63, 3.8) is 0 Å². The molecule has 30 heavy (non-hydrogen) atoms. The number of halogens is 1. The van der Waals surface area contributed by atoms with Crippen LogP contribution in [0.4, 0.5) is 5.13 Å². The second-order valence-electron chi connectivity index (χ2n) is 6.76. The summed E-state index contributed by atoms with van der Waals surface area (Å²) >= 11 is 7.66. The van der Waals surface area contributed by atoms with Crippen LogP contribution in [0.2, 0.25) is 5.02 Å². The van der Waals surface area contributed by atoms with Gasteiger partial charge < -0.3 is 0 Å². The minimum Gasteiger partial charge on any atom is -0.279 e. The molecule has 0 aliphatic carbocycles. The first-order valence-electron chi connectivity index (χ1n) is 9.04. The molecule has 1 aromatic heterocycles. The number of hydrogen-bond acceptors (Lipinski definition) is 5. The average molecular weight is 457 g/mol. The molecule has 0 radical (unpaired) electrons. The third-order valence-corrected chi connectivity index (χ3v) is 7.02. The second-order valence-corrected chi connectivity index (χ2v) is 10.2. The Bertz CT molecular complexity index is 1320. The lowest BCUT2D eigenvalue weighted by molar-refractivity contribution is 0.0985. The van der Waals surface area contributed by atoms with Gasteiger partial charge in [0.15, 0.2) is 15.0 Å². The molecule has 0 fully saturated rings. The van der Waals surface area contributed by atoms with Crippen LogP contribution in [0.5, 0.6) is 0 Å². The molecule has 1 heterocycles. The van der Waals surface area contributed by atoms with Gasteiger partial charge in [0.25, 0.3) is 5.91 Å². The highest BCUT2D eigenvalue weighted by Crippen LogP contribution is 2.34. The first-order chi connectivity index (χ1) is 14.3. The molecule has 0 saturated carbocycles. The first-order valence-corrected chi connectivity index (χ1v) is 12.1. The number of carbonyl (C=O) groups excluding carboxylic acids is 1. The molecule has 0 aliphatic heterocycles. The zero-order valence-electron chi connectivity index (χ0n) is 15.9. The van der Waals surface area contributed by atoms with E-state index in [9.17, 15) is 13.2 Å². The predicted octanol–water partition coefficient (Wildman–Crippen LogP) is 5.20. The van der Waals surface area contributed by atoms with Gasteiger partial charge in [0.1, 0.15) is 5.52 Å². The Labute approximate surface area is 183 Å². The molecule has 3 aromatic carbocycles. The Hall–Kier alpha value is -2.74. The van der Waals surface area contributed by atoms with E-state index in [0.29, 0.717) is 27.8 Å². The summed E-state index contributed by atoms with van der Waals surface area (Å²) in [5.74, 6) is -0.269. The molecule has 0 N–H and O–H groups in total. The summed E-state index contributed by atoms with van der Waals surface area (Å²) < 4.78 is 24.3. The average Bonchev–Trinajstić information content (AvgIpc) is 3.17. The van der Waals surface area contributed by atoms with Crippen LogP contribution in [0, 0.1) is 0 Å². The third kappa shape index (κ3) is 4.23. The van der Waals surface area contributed by atoms with Gasteiger partial charge in [0.2, 0.25) is 0 Å². The number of thiazole rings is 1. The van der Waals surface area contributed by atoms with Crippen molar-refractivity contribution in [2.24, 2.45) is 0 Å². The fourth-order valence-corrected chi connectivity index (χ4v) is 4.90. The van der Waals surface area contributed by atoms with Crippen molar-refractivity contribution in [1.29, 1.82) is 0 Å². The summed E-state index contributed by atoms with van der Waals surface area (Å²) in [6.07, 6.45) is 1.14. The van der Waals surface area contributed by atoms with E-state index in [2.05, 4.69) is 4.98 Å². The molecule has 0 unspecified atom stereocenters. The quantitative estimate of drug-likeness (QED) is 0.414. The van der Waals surface area contributed by atoms with Crippen molar-refractivity contribution in [3.8, 4) is 0 Å². The van der Waals surface area contributed by atoms with E-state index >= 15 is 0 Å². The molecule has 5 nitrogen and oxygen atoms in total. The summed E-state index contributed by atoms with van der Waals surface area (Å²) in [5, 5.41) is 1.05. The van der Waals surface area contributed by atoms with Crippen LogP contribution in [-0.4, -0.2) is 25.6 Å². The van der Waals surface area contributed by atoms with E-state index in [1.807, 2.05) is 42.5 Å². The Kier molecular flexibility index (Phi) is 5.60. The predicted molar refractivity (Wildman–Crippen MR) is 121 cm³/mol. The molecule has 0 bridgehead atoms. The van der Waals surface area contributed by atoms with E-state index in [-0.39, 0.29) is 10.8 Å². The van der Waals surface area contributed by atoms with Crippen molar-refractivity contribution in [1.82, 2.24) is 4.98 Å². The number of fused-ring (bicyclic) bond motifs is 1. The number of amides is 1. The summed E-state index contributed by atoms with van der Waals surface area (Å²) in [6, 6.07) is 21.1. The molecule has 0 saturated heterocycles. The van der Waals surface area contributed by atoms with E-state index in [4.69, 9.17) is 11.6 Å². The van der Waals surface area contributed by atoms with Crippen molar-refractivity contribution < 1.29 is 13.2 Å². The van der Waals surface area contributed by atoms with Crippen molar-refractivity contribution in [2.75, 3.05) is 11.2 Å². The summed E-state index contributed by atoms with van der Waals surface area (Å²) in [5.41, 5.74) is 1.98. The van der Waals surface area contributed by atoms with Crippen LogP contribution in [-0.2, 0) is 16.4 Å². The maximum Gasteiger partial charge on any atom is 0.260 e. The van der Waals surface area contributed by atoms with E-state index < -0.39 is 9.84 Å². The number of nitrogens with zero attached hydrogens (tertiary/aromatic N) is 2. The van der Waals surface area contributed by atoms with Crippen LogP contribution in [0.1, 0.15) is 15.9 Å². The van der Waals surface area contributed by atoms with Crippen LogP contribution in [0.3, 0.4) is 0 Å². The lowest BCUT2D eigenvalue weighted by Gasteiger charge is -2.20. The third-order valence-electron chi connectivity index (χ3n) is 4.55. The van der Waals surface area contributed by atoms with E-state index in [0.717, 1.165) is 16.5 Å². The van der Waals surface area contributed by atoms with Gasteiger partial charge in [0.05, 0.1) is 21.2 Å². The fraction of sp³-hybridized carbons (Fsp3) is 0.0909.